The summed E-state index contributed by atoms with van der Waals surface area (Å²) in [6.45, 7) is 9.22. The van der Waals surface area contributed by atoms with Crippen LogP contribution in [-0.2, 0) is 10.8 Å². The summed E-state index contributed by atoms with van der Waals surface area (Å²) in [6.07, 6.45) is 0. The molecule has 0 radical (unpaired) electrons. The van der Waals surface area contributed by atoms with Crippen LogP contribution in [0, 0.1) is 0 Å². The molecular formula is C18H16Br4. The van der Waals surface area contributed by atoms with Crippen molar-refractivity contribution in [3.05, 3.63) is 64.4 Å². The largest absolute Gasteiger partial charge is 0.0517 e. The van der Waals surface area contributed by atoms with Gasteiger partial charge in [0.15, 0.2) is 0 Å². The number of fused-ring (bicyclic) bond motifs is 2. The summed E-state index contributed by atoms with van der Waals surface area (Å²) in [5, 5.41) is 0. The fourth-order valence-corrected chi connectivity index (χ4v) is 4.83. The first kappa shape index (κ1) is 17.2. The molecule has 1 aliphatic rings. The first-order valence-corrected chi connectivity index (χ1v) is 10.2. The molecule has 0 nitrogen and oxygen atoms in total. The monoisotopic (exact) mass is 548 g/mol. The van der Waals surface area contributed by atoms with E-state index >= 15 is 0 Å². The highest BCUT2D eigenvalue weighted by molar-refractivity contribution is 9.13. The molecule has 0 heterocycles. The van der Waals surface area contributed by atoms with Gasteiger partial charge in [-0.3, -0.25) is 0 Å². The molecule has 0 aliphatic heterocycles. The second kappa shape index (κ2) is 5.44. The van der Waals surface area contributed by atoms with Crippen molar-refractivity contribution in [3.8, 4) is 0 Å². The van der Waals surface area contributed by atoms with Crippen LogP contribution in [0.15, 0.2) is 42.2 Å². The van der Waals surface area contributed by atoms with Gasteiger partial charge in [-0.1, -0.05) is 27.7 Å². The third-order valence-corrected chi connectivity index (χ3v) is 8.50. The molecule has 0 saturated carbocycles. The van der Waals surface area contributed by atoms with Crippen LogP contribution in [0.3, 0.4) is 0 Å². The first-order chi connectivity index (χ1) is 10.1. The van der Waals surface area contributed by atoms with Crippen LogP contribution < -0.4 is 0 Å². The number of benzene rings is 2. The van der Waals surface area contributed by atoms with Gasteiger partial charge in [0.1, 0.15) is 0 Å². The topological polar surface area (TPSA) is 0 Å². The molecule has 0 aromatic heterocycles. The van der Waals surface area contributed by atoms with Crippen LogP contribution in [0.5, 0.6) is 0 Å². The Balaban J connectivity index is 2.43. The lowest BCUT2D eigenvalue weighted by Gasteiger charge is -2.44. The van der Waals surface area contributed by atoms with E-state index in [-0.39, 0.29) is 10.8 Å². The molecule has 0 saturated heterocycles. The maximum atomic E-state index is 3.67. The van der Waals surface area contributed by atoms with Crippen LogP contribution in [0.4, 0.5) is 0 Å². The van der Waals surface area contributed by atoms with Gasteiger partial charge in [-0.2, -0.15) is 0 Å². The lowest BCUT2D eigenvalue weighted by Crippen LogP contribution is -2.36. The van der Waals surface area contributed by atoms with Gasteiger partial charge in [-0.05, 0) is 110 Å². The van der Waals surface area contributed by atoms with E-state index in [1.54, 1.807) is 0 Å². The van der Waals surface area contributed by atoms with E-state index in [1.165, 1.54) is 22.3 Å². The summed E-state index contributed by atoms with van der Waals surface area (Å²) in [7, 11) is 0. The maximum absolute atomic E-state index is 3.67. The molecule has 2 aromatic carbocycles. The fourth-order valence-electron chi connectivity index (χ4n) is 3.45. The van der Waals surface area contributed by atoms with Gasteiger partial charge in [0.25, 0.3) is 0 Å². The summed E-state index contributed by atoms with van der Waals surface area (Å²) in [5.74, 6) is 0. The van der Waals surface area contributed by atoms with E-state index < -0.39 is 0 Å². The minimum atomic E-state index is -0.0351. The van der Waals surface area contributed by atoms with Gasteiger partial charge in [0.05, 0.1) is 0 Å². The number of halogens is 4. The summed E-state index contributed by atoms with van der Waals surface area (Å²) < 4.78 is 4.43. The average Bonchev–Trinajstić information content (AvgIpc) is 2.42. The zero-order valence-corrected chi connectivity index (χ0v) is 19.2. The Labute approximate surface area is 165 Å². The predicted octanol–water partition coefficient (Wildman–Crippen LogP) is 7.70. The molecule has 22 heavy (non-hydrogen) atoms. The van der Waals surface area contributed by atoms with Crippen molar-refractivity contribution >= 4 is 63.7 Å². The van der Waals surface area contributed by atoms with Gasteiger partial charge < -0.3 is 0 Å². The molecule has 2 aromatic rings. The standard InChI is InChI=1S/C18H16Br4/c1-17(2)9-5-13(19)15(21)7-11(9)18(3,4)12-8-16(22)14(20)6-10(12)17/h5-8H,1-4H3. The molecule has 0 unspecified atom stereocenters. The molecule has 4 heteroatoms. The Morgan fingerprint density at radius 2 is 0.682 bits per heavy atom. The molecule has 116 valence electrons. The van der Waals surface area contributed by atoms with E-state index in [4.69, 9.17) is 0 Å². The second-order valence-electron chi connectivity index (χ2n) is 6.87. The summed E-state index contributed by atoms with van der Waals surface area (Å²) in [5.41, 5.74) is 5.46. The summed E-state index contributed by atoms with van der Waals surface area (Å²) in [6, 6.07) is 9.06. The van der Waals surface area contributed by atoms with E-state index in [2.05, 4.69) is 116 Å². The number of hydrogen-bond donors (Lipinski definition) is 0. The van der Waals surface area contributed by atoms with E-state index in [9.17, 15) is 0 Å². The highest BCUT2D eigenvalue weighted by Gasteiger charge is 2.42. The first-order valence-electron chi connectivity index (χ1n) is 7.07. The van der Waals surface area contributed by atoms with E-state index in [0.717, 1.165) is 17.9 Å². The second-order valence-corrected chi connectivity index (χ2v) is 10.3. The Morgan fingerprint density at radius 3 is 0.864 bits per heavy atom. The van der Waals surface area contributed by atoms with Crippen molar-refractivity contribution in [2.45, 2.75) is 38.5 Å². The molecule has 0 fully saturated rings. The molecule has 3 rings (SSSR count). The zero-order chi connectivity index (χ0) is 16.4. The van der Waals surface area contributed by atoms with E-state index in [0.29, 0.717) is 0 Å². The van der Waals surface area contributed by atoms with Crippen molar-refractivity contribution in [2.75, 3.05) is 0 Å². The number of hydrogen-bond acceptors (Lipinski definition) is 0. The Kier molecular flexibility index (Phi) is 4.25. The SMILES string of the molecule is CC1(C)c2cc(Br)c(Br)cc2C(C)(C)c2cc(Br)c(Br)cc21. The minimum absolute atomic E-state index is 0.0351. The Bertz CT molecular complexity index is 659. The van der Waals surface area contributed by atoms with Crippen molar-refractivity contribution < 1.29 is 0 Å². The van der Waals surface area contributed by atoms with Gasteiger partial charge in [-0.25, -0.2) is 0 Å². The van der Waals surface area contributed by atoms with Gasteiger partial charge in [0.2, 0.25) is 0 Å². The third kappa shape index (κ3) is 2.40. The summed E-state index contributed by atoms with van der Waals surface area (Å²) in [4.78, 5) is 0. The van der Waals surface area contributed by atoms with Crippen LogP contribution >= 0.6 is 63.7 Å². The van der Waals surface area contributed by atoms with Gasteiger partial charge >= 0.3 is 0 Å². The van der Waals surface area contributed by atoms with Crippen molar-refractivity contribution in [2.24, 2.45) is 0 Å². The third-order valence-electron chi connectivity index (χ3n) is 4.81. The van der Waals surface area contributed by atoms with Gasteiger partial charge in [0, 0.05) is 28.7 Å². The Hall–Kier alpha value is 0.360. The normalized spacial score (nSPS) is 17.8. The molecule has 0 N–H and O–H groups in total. The van der Waals surface area contributed by atoms with Crippen LogP contribution in [-0.4, -0.2) is 0 Å². The quantitative estimate of drug-likeness (QED) is 0.315. The minimum Gasteiger partial charge on any atom is -0.0517 e. The predicted molar refractivity (Wildman–Crippen MR) is 108 cm³/mol. The van der Waals surface area contributed by atoms with E-state index in [1.807, 2.05) is 0 Å². The van der Waals surface area contributed by atoms with Gasteiger partial charge in [-0.15, -0.1) is 0 Å². The fraction of sp³-hybridized carbons (Fsp3) is 0.333. The number of rotatable bonds is 0. The average molecular weight is 552 g/mol. The molecule has 0 amide bonds. The lowest BCUT2D eigenvalue weighted by molar-refractivity contribution is 0.519. The molecule has 0 atom stereocenters. The van der Waals surface area contributed by atoms with Crippen molar-refractivity contribution in [1.82, 2.24) is 0 Å². The Morgan fingerprint density at radius 1 is 0.500 bits per heavy atom. The van der Waals surface area contributed by atoms with Crippen LogP contribution in [0.25, 0.3) is 0 Å². The maximum Gasteiger partial charge on any atom is 0.0320 e. The molecule has 1 aliphatic carbocycles. The molecular weight excluding hydrogens is 536 g/mol. The smallest absolute Gasteiger partial charge is 0.0320 e. The van der Waals surface area contributed by atoms with Crippen LogP contribution in [0.2, 0.25) is 0 Å². The zero-order valence-electron chi connectivity index (χ0n) is 12.8. The highest BCUT2D eigenvalue weighted by Crippen LogP contribution is 2.52. The lowest BCUT2D eigenvalue weighted by atomic mass is 9.60. The van der Waals surface area contributed by atoms with Crippen molar-refractivity contribution in [3.63, 3.8) is 0 Å². The molecule has 0 spiro atoms. The molecule has 0 bridgehead atoms. The van der Waals surface area contributed by atoms with Crippen LogP contribution in [0.1, 0.15) is 49.9 Å². The summed E-state index contributed by atoms with van der Waals surface area (Å²) >= 11 is 14.7. The highest BCUT2D eigenvalue weighted by atomic mass is 79.9. The van der Waals surface area contributed by atoms with Crippen molar-refractivity contribution in [1.29, 1.82) is 0 Å².